The Morgan fingerprint density at radius 2 is 1.79 bits per heavy atom. The van der Waals surface area contributed by atoms with E-state index in [1.165, 1.54) is 18.2 Å². The van der Waals surface area contributed by atoms with Crippen LogP contribution in [0.3, 0.4) is 0 Å². The molecule has 0 atom stereocenters. The normalized spacial score (nSPS) is 12.7. The first-order chi connectivity index (χ1) is 8.80. The van der Waals surface area contributed by atoms with E-state index in [4.69, 9.17) is 28.9 Å². The zero-order valence-corrected chi connectivity index (χ0v) is 13.2. The molecular formula is C12H18Cl2N2O2S. The average Bonchev–Trinajstić information content (AvgIpc) is 2.39. The number of benzene rings is 1. The quantitative estimate of drug-likeness (QED) is 0.845. The molecule has 0 heterocycles. The third-order valence-electron chi connectivity index (χ3n) is 3.30. The van der Waals surface area contributed by atoms with Gasteiger partial charge in [-0.2, -0.15) is 0 Å². The average molecular weight is 325 g/mol. The van der Waals surface area contributed by atoms with Crippen LogP contribution in [-0.4, -0.2) is 20.5 Å². The molecule has 108 valence electrons. The third kappa shape index (κ3) is 3.83. The standard InChI is InChI=1S/C12H18Cl2N2O2S/c1-3-12(4-2,8-15)16-19(17,18)9-5-6-10(13)11(14)7-9/h5-7,16H,3-4,8,15H2,1-2H3. The molecule has 0 aromatic heterocycles. The lowest BCUT2D eigenvalue weighted by Crippen LogP contribution is -2.52. The zero-order valence-electron chi connectivity index (χ0n) is 10.9. The van der Waals surface area contributed by atoms with Crippen LogP contribution in [0.4, 0.5) is 0 Å². The minimum absolute atomic E-state index is 0.0848. The van der Waals surface area contributed by atoms with E-state index in [0.717, 1.165) is 0 Å². The molecule has 0 saturated carbocycles. The molecular weight excluding hydrogens is 307 g/mol. The lowest BCUT2D eigenvalue weighted by Gasteiger charge is -2.31. The van der Waals surface area contributed by atoms with Crippen molar-refractivity contribution in [1.82, 2.24) is 4.72 Å². The maximum atomic E-state index is 12.3. The van der Waals surface area contributed by atoms with Gasteiger partial charge in [0.2, 0.25) is 10.0 Å². The van der Waals surface area contributed by atoms with Crippen molar-refractivity contribution in [3.05, 3.63) is 28.2 Å². The van der Waals surface area contributed by atoms with Crippen LogP contribution >= 0.6 is 23.2 Å². The van der Waals surface area contributed by atoms with Crippen molar-refractivity contribution in [1.29, 1.82) is 0 Å². The summed E-state index contributed by atoms with van der Waals surface area (Å²) in [6.45, 7) is 4.03. The highest BCUT2D eigenvalue weighted by Gasteiger charge is 2.30. The predicted molar refractivity (Wildman–Crippen MR) is 79.2 cm³/mol. The Kier molecular flexibility index (Phi) is 5.65. The van der Waals surface area contributed by atoms with Crippen molar-refractivity contribution < 1.29 is 8.42 Å². The molecule has 0 aliphatic rings. The zero-order chi connectivity index (χ0) is 14.7. The van der Waals surface area contributed by atoms with E-state index in [2.05, 4.69) is 4.72 Å². The molecule has 0 amide bonds. The molecule has 0 bridgehead atoms. The molecule has 3 N–H and O–H groups in total. The topological polar surface area (TPSA) is 72.2 Å². The highest BCUT2D eigenvalue weighted by molar-refractivity contribution is 7.89. The molecule has 0 aliphatic heterocycles. The largest absolute Gasteiger partial charge is 0.329 e. The van der Waals surface area contributed by atoms with Crippen LogP contribution in [-0.2, 0) is 10.0 Å². The fraction of sp³-hybridized carbons (Fsp3) is 0.500. The van der Waals surface area contributed by atoms with E-state index in [1.54, 1.807) is 0 Å². The fourth-order valence-electron chi connectivity index (χ4n) is 1.71. The summed E-state index contributed by atoms with van der Waals surface area (Å²) in [4.78, 5) is 0.0848. The van der Waals surface area contributed by atoms with Crippen LogP contribution in [0, 0.1) is 0 Å². The molecule has 0 aliphatic carbocycles. The van der Waals surface area contributed by atoms with Gasteiger partial charge in [-0.05, 0) is 31.0 Å². The maximum absolute atomic E-state index is 12.3. The van der Waals surface area contributed by atoms with Gasteiger partial charge in [0, 0.05) is 12.1 Å². The molecule has 4 nitrogen and oxygen atoms in total. The molecule has 1 aromatic carbocycles. The predicted octanol–water partition coefficient (Wildman–Crippen LogP) is 2.79. The second kappa shape index (κ2) is 6.41. The van der Waals surface area contributed by atoms with Crippen LogP contribution < -0.4 is 10.5 Å². The Bertz CT molecular complexity index is 534. The molecule has 19 heavy (non-hydrogen) atoms. The SMILES string of the molecule is CCC(CC)(CN)NS(=O)(=O)c1ccc(Cl)c(Cl)c1. The second-order valence-electron chi connectivity index (χ2n) is 4.37. The van der Waals surface area contributed by atoms with Gasteiger partial charge in [-0.15, -0.1) is 0 Å². The van der Waals surface area contributed by atoms with E-state index in [1.807, 2.05) is 13.8 Å². The van der Waals surface area contributed by atoms with Crippen molar-refractivity contribution >= 4 is 33.2 Å². The first-order valence-electron chi connectivity index (χ1n) is 5.99. The Labute approximate surface area is 124 Å². The van der Waals surface area contributed by atoms with Crippen LogP contribution in [0.2, 0.25) is 10.0 Å². The van der Waals surface area contributed by atoms with Gasteiger partial charge < -0.3 is 5.73 Å². The molecule has 0 radical (unpaired) electrons. The Hall–Kier alpha value is -0.330. The third-order valence-corrected chi connectivity index (χ3v) is 5.61. The first-order valence-corrected chi connectivity index (χ1v) is 8.23. The number of hydrogen-bond acceptors (Lipinski definition) is 3. The lowest BCUT2D eigenvalue weighted by atomic mass is 9.95. The van der Waals surface area contributed by atoms with Gasteiger partial charge in [0.15, 0.2) is 0 Å². The van der Waals surface area contributed by atoms with E-state index >= 15 is 0 Å². The maximum Gasteiger partial charge on any atom is 0.241 e. The van der Waals surface area contributed by atoms with Gasteiger partial charge in [-0.25, -0.2) is 13.1 Å². The van der Waals surface area contributed by atoms with Crippen molar-refractivity contribution in [3.8, 4) is 0 Å². The molecule has 0 fully saturated rings. The fourth-order valence-corrected chi connectivity index (χ4v) is 3.66. The first kappa shape index (κ1) is 16.7. The highest BCUT2D eigenvalue weighted by atomic mass is 35.5. The second-order valence-corrected chi connectivity index (χ2v) is 6.87. The number of rotatable bonds is 6. The van der Waals surface area contributed by atoms with Gasteiger partial charge in [-0.3, -0.25) is 0 Å². The minimum Gasteiger partial charge on any atom is -0.329 e. The van der Waals surface area contributed by atoms with Gasteiger partial charge in [0.05, 0.1) is 14.9 Å². The van der Waals surface area contributed by atoms with Crippen molar-refractivity contribution in [3.63, 3.8) is 0 Å². The lowest BCUT2D eigenvalue weighted by molar-refractivity contribution is 0.363. The van der Waals surface area contributed by atoms with Crippen LogP contribution in [0.5, 0.6) is 0 Å². The van der Waals surface area contributed by atoms with Gasteiger partial charge in [0.25, 0.3) is 0 Å². The summed E-state index contributed by atoms with van der Waals surface area (Å²) in [6, 6.07) is 4.21. The summed E-state index contributed by atoms with van der Waals surface area (Å²) in [5.41, 5.74) is 5.06. The van der Waals surface area contributed by atoms with Crippen LogP contribution in [0.15, 0.2) is 23.1 Å². The van der Waals surface area contributed by atoms with Gasteiger partial charge >= 0.3 is 0 Å². The van der Waals surface area contributed by atoms with Gasteiger partial charge in [0.1, 0.15) is 0 Å². The smallest absolute Gasteiger partial charge is 0.241 e. The van der Waals surface area contributed by atoms with Gasteiger partial charge in [-0.1, -0.05) is 37.0 Å². The molecule has 0 saturated heterocycles. The molecule has 1 rings (SSSR count). The van der Waals surface area contributed by atoms with E-state index in [9.17, 15) is 8.42 Å². The van der Waals surface area contributed by atoms with E-state index in [-0.39, 0.29) is 16.5 Å². The summed E-state index contributed by atoms with van der Waals surface area (Å²) >= 11 is 11.6. The molecule has 1 aromatic rings. The number of halogens is 2. The summed E-state index contributed by atoms with van der Waals surface area (Å²) in [5, 5.41) is 0.521. The van der Waals surface area contributed by atoms with Crippen molar-refractivity contribution in [2.75, 3.05) is 6.54 Å². The molecule has 7 heteroatoms. The van der Waals surface area contributed by atoms with Crippen LogP contribution in [0.25, 0.3) is 0 Å². The summed E-state index contributed by atoms with van der Waals surface area (Å²) < 4.78 is 27.3. The Morgan fingerprint density at radius 3 is 2.21 bits per heavy atom. The van der Waals surface area contributed by atoms with Crippen molar-refractivity contribution in [2.45, 2.75) is 37.1 Å². The van der Waals surface area contributed by atoms with E-state index in [0.29, 0.717) is 17.9 Å². The summed E-state index contributed by atoms with van der Waals surface area (Å²) in [6.07, 6.45) is 1.22. The number of hydrogen-bond donors (Lipinski definition) is 2. The molecule has 0 unspecified atom stereocenters. The van der Waals surface area contributed by atoms with E-state index < -0.39 is 15.6 Å². The van der Waals surface area contributed by atoms with Crippen LogP contribution in [0.1, 0.15) is 26.7 Å². The monoisotopic (exact) mass is 324 g/mol. The van der Waals surface area contributed by atoms with Crippen molar-refractivity contribution in [2.24, 2.45) is 5.73 Å². The number of nitrogens with one attached hydrogen (secondary N) is 1. The highest BCUT2D eigenvalue weighted by Crippen LogP contribution is 2.26. The Balaban J connectivity index is 3.14. The number of nitrogens with two attached hydrogens (primary N) is 1. The summed E-state index contributed by atoms with van der Waals surface area (Å²) in [5.74, 6) is 0. The minimum atomic E-state index is -3.67. The Morgan fingerprint density at radius 1 is 1.21 bits per heavy atom. The number of sulfonamides is 1. The summed E-state index contributed by atoms with van der Waals surface area (Å²) in [7, 11) is -3.67. The molecule has 0 spiro atoms.